The van der Waals surface area contributed by atoms with Crippen molar-refractivity contribution in [1.29, 1.82) is 0 Å². The Bertz CT molecular complexity index is 1090. The molecule has 0 bridgehead atoms. The number of nitrogens with one attached hydrogen (secondary N) is 2. The summed E-state index contributed by atoms with van der Waals surface area (Å²) in [5, 5.41) is 3.92. The minimum Gasteiger partial charge on any atom is -0.343 e. The molecule has 2 aromatic rings. The first-order valence-electron chi connectivity index (χ1n) is 9.13. The van der Waals surface area contributed by atoms with Crippen LogP contribution in [0.4, 0.5) is 32.0 Å². The lowest BCUT2D eigenvalue weighted by molar-refractivity contribution is -0.123. The number of rotatable bonds is 6. The van der Waals surface area contributed by atoms with Gasteiger partial charge < -0.3 is 10.6 Å². The molecule has 2 N–H and O–H groups in total. The maximum Gasteiger partial charge on any atom is 0.405 e. The third-order valence-corrected chi connectivity index (χ3v) is 6.15. The molecule has 178 valence electrons. The molecule has 2 atom stereocenters. The lowest BCUT2D eigenvalue weighted by atomic mass is 10.1. The highest BCUT2D eigenvalue weighted by molar-refractivity contribution is 6.53. The van der Waals surface area contributed by atoms with Gasteiger partial charge in [-0.2, -0.15) is 13.2 Å². The largest absolute Gasteiger partial charge is 0.405 e. The predicted molar refractivity (Wildman–Crippen MR) is 110 cm³/mol. The van der Waals surface area contributed by atoms with Gasteiger partial charge in [-0.3, -0.25) is 9.59 Å². The Kier molecular flexibility index (Phi) is 7.12. The molecule has 0 spiro atoms. The van der Waals surface area contributed by atoms with E-state index in [1.54, 1.807) is 5.32 Å². The Morgan fingerprint density at radius 3 is 2.33 bits per heavy atom. The predicted octanol–water partition coefficient (Wildman–Crippen LogP) is 6.23. The summed E-state index contributed by atoms with van der Waals surface area (Å²) in [7, 11) is 0. The monoisotopic (exact) mass is 532 g/mol. The molecule has 0 radical (unpaired) electrons. The quantitative estimate of drug-likeness (QED) is 0.341. The molecule has 3 rings (SSSR count). The first kappa shape index (κ1) is 25.5. The highest BCUT2D eigenvalue weighted by atomic mass is 35.5. The van der Waals surface area contributed by atoms with E-state index in [-0.39, 0.29) is 21.8 Å². The van der Waals surface area contributed by atoms with Crippen LogP contribution < -0.4 is 10.6 Å². The second kappa shape index (κ2) is 9.23. The molecule has 0 saturated heterocycles. The van der Waals surface area contributed by atoms with Gasteiger partial charge in [0.25, 0.3) is 12.3 Å². The van der Waals surface area contributed by atoms with Crippen molar-refractivity contribution < 1.29 is 35.9 Å². The number of benzene rings is 2. The number of hydrogen-bond donors (Lipinski definition) is 2. The molecule has 0 aromatic heterocycles. The third-order valence-electron chi connectivity index (χ3n) is 4.88. The van der Waals surface area contributed by atoms with E-state index in [0.29, 0.717) is 0 Å². The molecule has 13 heteroatoms. The summed E-state index contributed by atoms with van der Waals surface area (Å²) >= 11 is 18.2. The number of amides is 2. The zero-order valence-electron chi connectivity index (χ0n) is 16.1. The van der Waals surface area contributed by atoms with Gasteiger partial charge in [-0.15, -0.1) is 23.2 Å². The van der Waals surface area contributed by atoms with E-state index < -0.39 is 58.5 Å². The molecule has 1 fully saturated rings. The van der Waals surface area contributed by atoms with Crippen LogP contribution in [0.25, 0.3) is 0 Å². The van der Waals surface area contributed by atoms with E-state index in [1.165, 1.54) is 18.2 Å². The van der Waals surface area contributed by atoms with Crippen LogP contribution >= 0.6 is 34.8 Å². The summed E-state index contributed by atoms with van der Waals surface area (Å²) < 4.78 is 74.7. The summed E-state index contributed by atoms with van der Waals surface area (Å²) in [6.07, 6.45) is -7.66. The van der Waals surface area contributed by atoms with Crippen molar-refractivity contribution in [3.63, 3.8) is 0 Å². The topological polar surface area (TPSA) is 58.2 Å². The van der Waals surface area contributed by atoms with Crippen LogP contribution in [-0.2, 0) is 4.79 Å². The first-order valence-corrected chi connectivity index (χ1v) is 10.3. The molecular formula is C20H13Cl3F6N2O2. The SMILES string of the molecule is O=C(NCC(F)(F)F)c1cc(NC(=O)C2C(c3ccc(C(F)F)c(F)c3)C2(Cl)Cl)ccc1Cl. The van der Waals surface area contributed by atoms with Gasteiger partial charge in [0.15, 0.2) is 0 Å². The number of carbonyl (C=O) groups excluding carboxylic acids is 2. The molecule has 0 aliphatic heterocycles. The minimum absolute atomic E-state index is 0.00979. The van der Waals surface area contributed by atoms with E-state index in [9.17, 15) is 35.9 Å². The number of alkyl halides is 7. The average Bonchev–Trinajstić information content (AvgIpc) is 3.28. The fourth-order valence-electron chi connectivity index (χ4n) is 3.25. The van der Waals surface area contributed by atoms with Crippen LogP contribution in [0.5, 0.6) is 0 Å². The van der Waals surface area contributed by atoms with Gasteiger partial charge in [0.05, 0.1) is 22.1 Å². The van der Waals surface area contributed by atoms with E-state index in [0.717, 1.165) is 18.2 Å². The molecule has 1 saturated carbocycles. The van der Waals surface area contributed by atoms with Gasteiger partial charge in [0.1, 0.15) is 16.7 Å². The van der Waals surface area contributed by atoms with E-state index in [4.69, 9.17) is 34.8 Å². The molecule has 33 heavy (non-hydrogen) atoms. The van der Waals surface area contributed by atoms with Crippen molar-refractivity contribution >= 4 is 52.3 Å². The summed E-state index contributed by atoms with van der Waals surface area (Å²) in [6, 6.07) is 6.43. The highest BCUT2D eigenvalue weighted by Gasteiger charge is 2.67. The molecular weight excluding hydrogens is 521 g/mol. The Hall–Kier alpha value is -2.17. The molecule has 4 nitrogen and oxygen atoms in total. The summed E-state index contributed by atoms with van der Waals surface area (Å²) in [4.78, 5) is 24.7. The van der Waals surface area contributed by atoms with Crippen molar-refractivity contribution in [1.82, 2.24) is 5.32 Å². The Morgan fingerprint density at radius 2 is 1.76 bits per heavy atom. The Labute approximate surface area is 198 Å². The average molecular weight is 534 g/mol. The third kappa shape index (κ3) is 5.67. The van der Waals surface area contributed by atoms with Gasteiger partial charge in [-0.25, -0.2) is 13.2 Å². The van der Waals surface area contributed by atoms with Gasteiger partial charge >= 0.3 is 6.18 Å². The van der Waals surface area contributed by atoms with Crippen LogP contribution in [0.3, 0.4) is 0 Å². The second-order valence-electron chi connectivity index (χ2n) is 7.19. The highest BCUT2D eigenvalue weighted by Crippen LogP contribution is 2.65. The number of carbonyl (C=O) groups is 2. The van der Waals surface area contributed by atoms with Crippen LogP contribution in [0.1, 0.15) is 33.8 Å². The summed E-state index contributed by atoms with van der Waals surface area (Å²) in [5.74, 6) is -5.05. The molecule has 1 aliphatic rings. The van der Waals surface area contributed by atoms with Gasteiger partial charge in [0, 0.05) is 11.6 Å². The number of halogens is 9. The minimum atomic E-state index is -4.63. The normalized spacial score (nSPS) is 19.3. The summed E-state index contributed by atoms with van der Waals surface area (Å²) in [6.45, 7) is -1.58. The lowest BCUT2D eigenvalue weighted by Crippen LogP contribution is -2.33. The zero-order valence-corrected chi connectivity index (χ0v) is 18.4. The fourth-order valence-corrected chi connectivity index (χ4v) is 4.29. The van der Waals surface area contributed by atoms with E-state index in [1.807, 2.05) is 0 Å². The maximum absolute atomic E-state index is 13.9. The maximum atomic E-state index is 13.9. The van der Waals surface area contributed by atoms with Crippen LogP contribution in [-0.4, -0.2) is 28.9 Å². The molecule has 1 aliphatic carbocycles. The lowest BCUT2D eigenvalue weighted by Gasteiger charge is -2.11. The van der Waals surface area contributed by atoms with Crippen LogP contribution in [0.2, 0.25) is 5.02 Å². The summed E-state index contributed by atoms with van der Waals surface area (Å²) in [5.41, 5.74) is -0.993. The molecule has 2 unspecified atom stereocenters. The number of anilines is 1. The van der Waals surface area contributed by atoms with Crippen molar-refractivity contribution in [3.8, 4) is 0 Å². The standard InChI is InChI=1S/C20H13Cl3F6N2O2/c21-12-4-2-9(6-11(12)17(32)30-7-19(27,28)29)31-18(33)15-14(20(15,22)23)8-1-3-10(16(25)26)13(24)5-8/h1-6,14-16H,7H2,(H,30,32)(H,31,33). The second-order valence-corrected chi connectivity index (χ2v) is 9.04. The molecule has 2 aromatic carbocycles. The molecule has 2 amide bonds. The van der Waals surface area contributed by atoms with Gasteiger partial charge in [-0.1, -0.05) is 23.7 Å². The van der Waals surface area contributed by atoms with Gasteiger partial charge in [-0.05, 0) is 29.8 Å². The Morgan fingerprint density at radius 1 is 1.09 bits per heavy atom. The van der Waals surface area contributed by atoms with Gasteiger partial charge in [0.2, 0.25) is 5.91 Å². The van der Waals surface area contributed by atoms with Crippen molar-refractivity contribution in [2.24, 2.45) is 5.92 Å². The smallest absolute Gasteiger partial charge is 0.343 e. The van der Waals surface area contributed by atoms with Crippen molar-refractivity contribution in [2.75, 3.05) is 11.9 Å². The first-order chi connectivity index (χ1) is 15.2. The fraction of sp³-hybridized carbons (Fsp3) is 0.300. The van der Waals surface area contributed by atoms with E-state index >= 15 is 0 Å². The molecule has 0 heterocycles. The van der Waals surface area contributed by atoms with E-state index in [2.05, 4.69) is 5.32 Å². The van der Waals surface area contributed by atoms with Crippen LogP contribution in [0, 0.1) is 11.7 Å². The van der Waals surface area contributed by atoms with Crippen molar-refractivity contribution in [3.05, 3.63) is 63.9 Å². The number of hydrogen-bond acceptors (Lipinski definition) is 2. The zero-order chi connectivity index (χ0) is 24.7. The Balaban J connectivity index is 1.75. The van der Waals surface area contributed by atoms with Crippen LogP contribution in [0.15, 0.2) is 36.4 Å². The van der Waals surface area contributed by atoms with Crippen molar-refractivity contribution in [2.45, 2.75) is 22.9 Å².